The summed E-state index contributed by atoms with van der Waals surface area (Å²) >= 11 is 0. The van der Waals surface area contributed by atoms with E-state index in [0.717, 1.165) is 22.4 Å². The van der Waals surface area contributed by atoms with E-state index < -0.39 is 0 Å². The third kappa shape index (κ3) is 4.16. The summed E-state index contributed by atoms with van der Waals surface area (Å²) in [5.74, 6) is 0.947. The summed E-state index contributed by atoms with van der Waals surface area (Å²) in [6.07, 6.45) is 0. The lowest BCUT2D eigenvalue weighted by atomic mass is 10.1. The van der Waals surface area contributed by atoms with Gasteiger partial charge in [0, 0.05) is 11.5 Å². The van der Waals surface area contributed by atoms with E-state index in [1.54, 1.807) is 16.8 Å². The topological polar surface area (TPSA) is 57.1 Å². The van der Waals surface area contributed by atoms with Crippen molar-refractivity contribution in [3.8, 4) is 28.5 Å². The van der Waals surface area contributed by atoms with Gasteiger partial charge in [0.1, 0.15) is 0 Å². The number of nitrogens with zero attached hydrogens (tertiary/aromatic N) is 4. The fourth-order valence-corrected chi connectivity index (χ4v) is 3.66. The molecular formula is C28H22N4O. The van der Waals surface area contributed by atoms with Crippen LogP contribution in [0.15, 0.2) is 120 Å². The van der Waals surface area contributed by atoms with Gasteiger partial charge in [0.15, 0.2) is 5.69 Å². The van der Waals surface area contributed by atoms with Crippen molar-refractivity contribution < 1.29 is 9.79 Å². The van der Waals surface area contributed by atoms with Gasteiger partial charge in [-0.15, -0.1) is 0 Å². The first-order valence-corrected chi connectivity index (χ1v) is 10.7. The molecule has 160 valence electrons. The van der Waals surface area contributed by atoms with Crippen molar-refractivity contribution in [1.82, 2.24) is 9.77 Å². The predicted octanol–water partition coefficient (Wildman–Crippen LogP) is 4.37. The summed E-state index contributed by atoms with van der Waals surface area (Å²) in [5.41, 5.74) is 4.32. The Balaban J connectivity index is 1.82. The fraction of sp³-hybridized carbons (Fsp3) is 0.0357. The molecule has 0 atom stereocenters. The molecule has 0 spiro atoms. The highest BCUT2D eigenvalue weighted by atomic mass is 16.3. The summed E-state index contributed by atoms with van der Waals surface area (Å²) in [4.78, 5) is 0. The number of aromatic nitrogens is 3. The van der Waals surface area contributed by atoms with Gasteiger partial charge in [-0.1, -0.05) is 98.9 Å². The average Bonchev–Trinajstić information content (AvgIpc) is 3.25. The quantitative estimate of drug-likeness (QED) is 0.236. The summed E-state index contributed by atoms with van der Waals surface area (Å²) < 4.78 is 3.49. The Bertz CT molecular complexity index is 1390. The zero-order chi connectivity index (χ0) is 22.6. The molecule has 0 aliphatic carbocycles. The van der Waals surface area contributed by atoms with Crippen LogP contribution in [0.25, 0.3) is 28.5 Å². The SMILES string of the molecule is Cc1ccc(-c2n[n+](-c3ccccc3)c(-c3ccccc3)n2/N=C(\[O-])c2ccccc2)cc1. The van der Waals surface area contributed by atoms with Crippen molar-refractivity contribution in [2.45, 2.75) is 6.92 Å². The molecule has 1 aromatic heterocycles. The highest BCUT2D eigenvalue weighted by Gasteiger charge is 2.30. The number of para-hydroxylation sites is 1. The maximum Gasteiger partial charge on any atom is 0.342 e. The third-order valence-corrected chi connectivity index (χ3v) is 5.35. The van der Waals surface area contributed by atoms with Crippen molar-refractivity contribution in [3.63, 3.8) is 0 Å². The van der Waals surface area contributed by atoms with Crippen LogP contribution in [0.3, 0.4) is 0 Å². The van der Waals surface area contributed by atoms with Crippen LogP contribution in [0, 0.1) is 6.92 Å². The van der Waals surface area contributed by atoms with Crippen molar-refractivity contribution in [2.24, 2.45) is 5.10 Å². The molecule has 0 radical (unpaired) electrons. The highest BCUT2D eigenvalue weighted by Crippen LogP contribution is 2.25. The molecule has 0 fully saturated rings. The van der Waals surface area contributed by atoms with Crippen LogP contribution in [0.1, 0.15) is 11.1 Å². The van der Waals surface area contributed by atoms with E-state index in [0.29, 0.717) is 17.2 Å². The third-order valence-electron chi connectivity index (χ3n) is 5.35. The summed E-state index contributed by atoms with van der Waals surface area (Å²) in [7, 11) is 0. The lowest BCUT2D eigenvalue weighted by molar-refractivity contribution is -0.645. The standard InChI is InChI=1S/C28H22N4O/c1-21-17-19-22(20-18-21)26-29-31(25-15-9-4-10-16-25)28(24-13-7-3-8-14-24)32(26)30-27(33)23-11-5-2-6-12-23/h2-20H,1H3. The Morgan fingerprint density at radius 2 is 1.30 bits per heavy atom. The van der Waals surface area contributed by atoms with Crippen molar-refractivity contribution >= 4 is 5.90 Å². The minimum absolute atomic E-state index is 0.334. The molecule has 0 amide bonds. The molecule has 5 aromatic rings. The zero-order valence-electron chi connectivity index (χ0n) is 18.2. The molecule has 5 heteroatoms. The maximum atomic E-state index is 13.2. The van der Waals surface area contributed by atoms with Gasteiger partial charge in [0.05, 0.1) is 5.56 Å². The second kappa shape index (κ2) is 8.93. The maximum absolute atomic E-state index is 13.2. The lowest BCUT2D eigenvalue weighted by Crippen LogP contribution is -2.35. The Morgan fingerprint density at radius 1 is 0.727 bits per heavy atom. The van der Waals surface area contributed by atoms with E-state index in [4.69, 9.17) is 5.10 Å². The van der Waals surface area contributed by atoms with Crippen LogP contribution in [-0.4, -0.2) is 15.7 Å². The Morgan fingerprint density at radius 3 is 1.94 bits per heavy atom. The molecule has 5 nitrogen and oxygen atoms in total. The smallest absolute Gasteiger partial charge is 0.342 e. The molecule has 0 unspecified atom stereocenters. The molecular weight excluding hydrogens is 408 g/mol. The minimum Gasteiger partial charge on any atom is -0.856 e. The van der Waals surface area contributed by atoms with Crippen LogP contribution < -0.4 is 9.79 Å². The van der Waals surface area contributed by atoms with Crippen molar-refractivity contribution in [3.05, 3.63) is 126 Å². The first kappa shape index (κ1) is 20.4. The molecule has 5 rings (SSSR count). The van der Waals surface area contributed by atoms with Gasteiger partial charge in [-0.2, -0.15) is 0 Å². The van der Waals surface area contributed by atoms with Gasteiger partial charge >= 0.3 is 5.82 Å². The molecule has 0 N–H and O–H groups in total. The largest absolute Gasteiger partial charge is 0.856 e. The first-order chi connectivity index (χ1) is 16.2. The van der Waals surface area contributed by atoms with Crippen molar-refractivity contribution in [2.75, 3.05) is 0 Å². The second-order valence-electron chi connectivity index (χ2n) is 7.71. The molecule has 1 heterocycles. The Kier molecular flexibility index (Phi) is 5.52. The zero-order valence-corrected chi connectivity index (χ0v) is 18.2. The molecule has 33 heavy (non-hydrogen) atoms. The number of benzene rings is 4. The van der Waals surface area contributed by atoms with Gasteiger partial charge in [-0.3, -0.25) is 0 Å². The van der Waals surface area contributed by atoms with E-state index in [-0.39, 0.29) is 5.90 Å². The van der Waals surface area contributed by atoms with Crippen LogP contribution in [0.4, 0.5) is 0 Å². The number of hydrogen-bond donors (Lipinski definition) is 0. The van der Waals surface area contributed by atoms with E-state index in [1.807, 2.05) is 115 Å². The minimum atomic E-state index is -0.334. The van der Waals surface area contributed by atoms with Gasteiger partial charge in [0.2, 0.25) is 0 Å². The van der Waals surface area contributed by atoms with Crippen molar-refractivity contribution in [1.29, 1.82) is 0 Å². The fourth-order valence-electron chi connectivity index (χ4n) is 3.66. The van der Waals surface area contributed by atoms with E-state index >= 15 is 0 Å². The van der Waals surface area contributed by atoms with Crippen LogP contribution in [0.2, 0.25) is 0 Å². The summed E-state index contributed by atoms with van der Waals surface area (Å²) in [6.45, 7) is 2.04. The number of aryl methyl sites for hydroxylation is 1. The molecule has 4 aromatic carbocycles. The Hall–Kier alpha value is -4.51. The van der Waals surface area contributed by atoms with E-state index in [1.165, 1.54) is 0 Å². The first-order valence-electron chi connectivity index (χ1n) is 10.7. The van der Waals surface area contributed by atoms with Gasteiger partial charge in [-0.25, -0.2) is 0 Å². The highest BCUT2D eigenvalue weighted by molar-refractivity contribution is 5.90. The van der Waals surface area contributed by atoms with Gasteiger partial charge in [-0.05, 0) is 54.0 Å². The Labute approximate surface area is 192 Å². The number of hydrogen-bond acceptors (Lipinski definition) is 3. The van der Waals surface area contributed by atoms with E-state index in [2.05, 4.69) is 5.10 Å². The van der Waals surface area contributed by atoms with Gasteiger partial charge < -0.3 is 5.11 Å². The van der Waals surface area contributed by atoms with Crippen LogP contribution >= 0.6 is 0 Å². The normalized spacial score (nSPS) is 11.5. The molecule has 0 bridgehead atoms. The second-order valence-corrected chi connectivity index (χ2v) is 7.71. The lowest BCUT2D eigenvalue weighted by Gasteiger charge is -2.09. The molecule has 0 aliphatic heterocycles. The number of rotatable bonds is 5. The molecule has 0 saturated carbocycles. The summed E-state index contributed by atoms with van der Waals surface area (Å²) in [6, 6.07) is 36.9. The van der Waals surface area contributed by atoms with Crippen LogP contribution in [0.5, 0.6) is 0 Å². The van der Waals surface area contributed by atoms with E-state index in [9.17, 15) is 5.11 Å². The monoisotopic (exact) mass is 430 g/mol. The van der Waals surface area contributed by atoms with Gasteiger partial charge in [0.25, 0.3) is 5.82 Å². The predicted molar refractivity (Wildman–Crippen MR) is 128 cm³/mol. The average molecular weight is 431 g/mol. The molecule has 0 saturated heterocycles. The van der Waals surface area contributed by atoms with Crippen LogP contribution in [-0.2, 0) is 0 Å². The summed E-state index contributed by atoms with van der Waals surface area (Å²) in [5, 5.41) is 22.6. The molecule has 0 aliphatic rings.